The van der Waals surface area contributed by atoms with Crippen molar-refractivity contribution in [2.45, 2.75) is 24.5 Å². The SMILES string of the molecule is Nc1nc(Cl)nc2c1ncn2[C@@H]1O[C@H](COC(=O)c2ccccc2)[C@@H](O)[C@H]1O. The van der Waals surface area contributed by atoms with Gasteiger partial charge in [0.1, 0.15) is 30.4 Å². The van der Waals surface area contributed by atoms with Crippen molar-refractivity contribution in [3.05, 3.63) is 47.5 Å². The molecule has 2 aromatic heterocycles. The Kier molecular flexibility index (Phi) is 4.85. The molecule has 0 spiro atoms. The van der Waals surface area contributed by atoms with Crippen molar-refractivity contribution in [3.8, 4) is 0 Å². The van der Waals surface area contributed by atoms with Crippen LogP contribution in [-0.4, -0.2) is 60.6 Å². The minimum atomic E-state index is -1.31. The second-order valence-electron chi connectivity index (χ2n) is 6.21. The molecule has 0 unspecified atom stereocenters. The fourth-order valence-corrected chi connectivity index (χ4v) is 3.18. The number of carbonyl (C=O) groups is 1. The number of nitrogens with zero attached hydrogens (tertiary/aromatic N) is 4. The van der Waals surface area contributed by atoms with Crippen molar-refractivity contribution in [3.63, 3.8) is 0 Å². The summed E-state index contributed by atoms with van der Waals surface area (Å²) in [6, 6.07) is 8.41. The smallest absolute Gasteiger partial charge is 0.338 e. The minimum absolute atomic E-state index is 0.0788. The first-order valence-corrected chi connectivity index (χ1v) is 8.73. The van der Waals surface area contributed by atoms with Gasteiger partial charge in [-0.15, -0.1) is 0 Å². The molecule has 1 aliphatic rings. The third-order valence-electron chi connectivity index (χ3n) is 4.42. The van der Waals surface area contributed by atoms with E-state index in [4.69, 9.17) is 26.8 Å². The fraction of sp³-hybridized carbons (Fsp3) is 0.294. The Hall–Kier alpha value is -2.79. The molecule has 4 atom stereocenters. The number of carbonyl (C=O) groups excluding carboxylic acids is 1. The van der Waals surface area contributed by atoms with Gasteiger partial charge in [-0.05, 0) is 23.7 Å². The van der Waals surface area contributed by atoms with E-state index in [1.54, 1.807) is 30.3 Å². The van der Waals surface area contributed by atoms with Gasteiger partial charge in [-0.3, -0.25) is 4.57 Å². The monoisotopic (exact) mass is 405 g/mol. The highest BCUT2D eigenvalue weighted by Crippen LogP contribution is 2.32. The van der Waals surface area contributed by atoms with E-state index in [0.717, 1.165) is 0 Å². The standard InChI is InChI=1S/C17H16ClN5O5/c18-17-21-13(19)10-14(22-17)23(7-20-10)15-12(25)11(24)9(28-15)6-27-16(26)8-4-2-1-3-5-8/h1-5,7,9,11-12,15,24-25H,6H2,(H2,19,21,22)/t9-,11-,12-,15-/m1/s1. The number of hydrogen-bond acceptors (Lipinski definition) is 9. The van der Waals surface area contributed by atoms with Crippen LogP contribution < -0.4 is 5.73 Å². The summed E-state index contributed by atoms with van der Waals surface area (Å²) in [6.45, 7) is -0.243. The number of aromatic nitrogens is 4. The maximum Gasteiger partial charge on any atom is 0.338 e. The zero-order chi connectivity index (χ0) is 19.8. The highest BCUT2D eigenvalue weighted by molar-refractivity contribution is 6.28. The molecule has 0 aliphatic carbocycles. The Balaban J connectivity index is 1.51. The minimum Gasteiger partial charge on any atom is -0.459 e. The van der Waals surface area contributed by atoms with Crippen LogP contribution in [0.15, 0.2) is 36.7 Å². The lowest BCUT2D eigenvalue weighted by Crippen LogP contribution is -2.34. The summed E-state index contributed by atoms with van der Waals surface area (Å²) in [4.78, 5) is 24.0. The normalized spacial score (nSPS) is 24.5. The molecule has 0 bridgehead atoms. The first-order valence-electron chi connectivity index (χ1n) is 8.35. The zero-order valence-corrected chi connectivity index (χ0v) is 15.1. The molecule has 4 rings (SSSR count). The van der Waals surface area contributed by atoms with E-state index in [9.17, 15) is 15.0 Å². The number of anilines is 1. The second-order valence-corrected chi connectivity index (χ2v) is 6.55. The maximum atomic E-state index is 12.1. The van der Waals surface area contributed by atoms with Crippen molar-refractivity contribution in [2.24, 2.45) is 0 Å². The lowest BCUT2D eigenvalue weighted by Gasteiger charge is -2.16. The van der Waals surface area contributed by atoms with E-state index in [1.165, 1.54) is 10.9 Å². The van der Waals surface area contributed by atoms with Gasteiger partial charge in [-0.25, -0.2) is 9.78 Å². The predicted molar refractivity (Wildman–Crippen MR) is 97.4 cm³/mol. The summed E-state index contributed by atoms with van der Waals surface area (Å²) in [5.41, 5.74) is 6.67. The van der Waals surface area contributed by atoms with Crippen LogP contribution in [0, 0.1) is 0 Å². The van der Waals surface area contributed by atoms with Crippen molar-refractivity contribution >= 4 is 34.6 Å². The molecule has 28 heavy (non-hydrogen) atoms. The summed E-state index contributed by atoms with van der Waals surface area (Å²) in [5.74, 6) is -0.482. The van der Waals surface area contributed by atoms with Gasteiger partial charge >= 0.3 is 5.97 Å². The topological polar surface area (TPSA) is 146 Å². The molecule has 3 heterocycles. The number of nitrogens with two attached hydrogens (primary N) is 1. The third kappa shape index (κ3) is 3.27. The van der Waals surface area contributed by atoms with Gasteiger partial charge in [0.2, 0.25) is 5.28 Å². The molecule has 10 nitrogen and oxygen atoms in total. The number of nitrogen functional groups attached to an aromatic ring is 1. The molecule has 0 amide bonds. The molecule has 3 aromatic rings. The average Bonchev–Trinajstić information content (AvgIpc) is 3.22. The largest absolute Gasteiger partial charge is 0.459 e. The summed E-state index contributed by atoms with van der Waals surface area (Å²) in [7, 11) is 0. The Morgan fingerprint density at radius 3 is 2.75 bits per heavy atom. The lowest BCUT2D eigenvalue weighted by molar-refractivity contribution is -0.0565. The van der Waals surface area contributed by atoms with Crippen LogP contribution >= 0.6 is 11.6 Å². The van der Waals surface area contributed by atoms with Crippen molar-refractivity contribution in [1.29, 1.82) is 0 Å². The number of benzene rings is 1. The number of halogens is 1. The Morgan fingerprint density at radius 1 is 1.25 bits per heavy atom. The van der Waals surface area contributed by atoms with E-state index < -0.39 is 30.5 Å². The summed E-state index contributed by atoms with van der Waals surface area (Å²) >= 11 is 5.84. The maximum absolute atomic E-state index is 12.1. The highest BCUT2D eigenvalue weighted by atomic mass is 35.5. The summed E-state index contributed by atoms with van der Waals surface area (Å²) in [5, 5.41) is 20.6. The van der Waals surface area contributed by atoms with E-state index >= 15 is 0 Å². The fourth-order valence-electron chi connectivity index (χ4n) is 3.01. The van der Waals surface area contributed by atoms with E-state index in [0.29, 0.717) is 5.56 Å². The number of aliphatic hydroxyl groups excluding tert-OH is 2. The Labute approximate surface area is 163 Å². The number of ether oxygens (including phenoxy) is 2. The van der Waals surface area contributed by atoms with Crippen molar-refractivity contribution < 1.29 is 24.5 Å². The van der Waals surface area contributed by atoms with Crippen molar-refractivity contribution in [1.82, 2.24) is 19.5 Å². The molecule has 1 aromatic carbocycles. The number of aliphatic hydroxyl groups is 2. The van der Waals surface area contributed by atoms with E-state index in [1.807, 2.05) is 0 Å². The molecule has 1 fully saturated rings. The average molecular weight is 406 g/mol. The number of esters is 1. The molecule has 0 radical (unpaired) electrons. The summed E-state index contributed by atoms with van der Waals surface area (Å²) in [6.07, 6.45) is -3.22. The first-order chi connectivity index (χ1) is 13.5. The Bertz CT molecular complexity index is 1010. The van der Waals surface area contributed by atoms with Crippen LogP contribution in [0.2, 0.25) is 5.28 Å². The van der Waals surface area contributed by atoms with Crippen LogP contribution in [0.25, 0.3) is 11.2 Å². The zero-order valence-electron chi connectivity index (χ0n) is 14.3. The van der Waals surface area contributed by atoms with Crippen LogP contribution in [0.5, 0.6) is 0 Å². The molecule has 4 N–H and O–H groups in total. The number of imidazole rings is 1. The Morgan fingerprint density at radius 2 is 2.00 bits per heavy atom. The first kappa shape index (κ1) is 18.6. The van der Waals surface area contributed by atoms with Crippen LogP contribution in [-0.2, 0) is 9.47 Å². The van der Waals surface area contributed by atoms with Crippen LogP contribution in [0.3, 0.4) is 0 Å². The molecule has 0 saturated carbocycles. The van der Waals surface area contributed by atoms with Gasteiger partial charge in [0.25, 0.3) is 0 Å². The van der Waals surface area contributed by atoms with E-state index in [2.05, 4.69) is 15.0 Å². The van der Waals surface area contributed by atoms with Crippen LogP contribution in [0.1, 0.15) is 16.6 Å². The summed E-state index contributed by atoms with van der Waals surface area (Å²) < 4.78 is 12.3. The molecule has 1 aliphatic heterocycles. The second kappa shape index (κ2) is 7.32. The molecule has 146 valence electrons. The van der Waals surface area contributed by atoms with Crippen molar-refractivity contribution in [2.75, 3.05) is 12.3 Å². The molecule has 1 saturated heterocycles. The predicted octanol–water partition coefficient (Wildman–Crippen LogP) is 0.538. The molecular weight excluding hydrogens is 390 g/mol. The van der Waals surface area contributed by atoms with Gasteiger partial charge in [0.15, 0.2) is 17.7 Å². The quantitative estimate of drug-likeness (QED) is 0.418. The number of fused-ring (bicyclic) bond motifs is 1. The lowest BCUT2D eigenvalue weighted by atomic mass is 10.1. The van der Waals surface area contributed by atoms with Gasteiger partial charge in [0, 0.05) is 0 Å². The van der Waals surface area contributed by atoms with E-state index in [-0.39, 0.29) is 28.9 Å². The van der Waals surface area contributed by atoms with Gasteiger partial charge in [0.05, 0.1) is 11.9 Å². The van der Waals surface area contributed by atoms with Gasteiger partial charge in [-0.1, -0.05) is 18.2 Å². The van der Waals surface area contributed by atoms with Gasteiger partial charge in [-0.2, -0.15) is 9.97 Å². The number of rotatable bonds is 4. The number of hydrogen-bond donors (Lipinski definition) is 3. The third-order valence-corrected chi connectivity index (χ3v) is 4.59. The van der Waals surface area contributed by atoms with Gasteiger partial charge < -0.3 is 25.4 Å². The molecular formula is C17H16ClN5O5. The molecule has 11 heteroatoms. The highest BCUT2D eigenvalue weighted by Gasteiger charge is 2.45. The van der Waals surface area contributed by atoms with Crippen LogP contribution in [0.4, 0.5) is 5.82 Å².